The van der Waals surface area contributed by atoms with E-state index in [1.807, 2.05) is 6.92 Å². The van der Waals surface area contributed by atoms with E-state index in [-0.39, 0.29) is 5.69 Å². The van der Waals surface area contributed by atoms with Gasteiger partial charge in [-0.3, -0.25) is 10.1 Å². The fraction of sp³-hybridized carbons (Fsp3) is 0.0909. The molecule has 0 aliphatic rings. The van der Waals surface area contributed by atoms with Gasteiger partial charge in [-0.1, -0.05) is 11.6 Å². The van der Waals surface area contributed by atoms with Crippen molar-refractivity contribution in [2.45, 2.75) is 17.0 Å². The Balaban J connectivity index is 2.37. The molecule has 0 spiro atoms. The second-order valence-electron chi connectivity index (χ2n) is 3.45. The highest BCUT2D eigenvalue weighted by molar-refractivity contribution is 7.99. The summed E-state index contributed by atoms with van der Waals surface area (Å²) in [6, 6.07) is 6.28. The Hall–Kier alpha value is -1.66. The molecule has 1 aromatic heterocycles. The van der Waals surface area contributed by atoms with Crippen molar-refractivity contribution in [3.8, 4) is 0 Å². The molecule has 7 heteroatoms. The van der Waals surface area contributed by atoms with E-state index in [2.05, 4.69) is 9.97 Å². The molecule has 0 saturated carbocycles. The van der Waals surface area contributed by atoms with Crippen LogP contribution in [0.3, 0.4) is 0 Å². The lowest BCUT2D eigenvalue weighted by Gasteiger charge is -2.02. The van der Waals surface area contributed by atoms with Gasteiger partial charge >= 0.3 is 0 Å². The van der Waals surface area contributed by atoms with Gasteiger partial charge < -0.3 is 0 Å². The molecule has 0 N–H and O–H groups in total. The summed E-state index contributed by atoms with van der Waals surface area (Å²) in [6.07, 6.45) is 1.62. The molecule has 0 amide bonds. The van der Waals surface area contributed by atoms with Crippen molar-refractivity contribution in [2.24, 2.45) is 0 Å². The fourth-order valence-corrected chi connectivity index (χ4v) is 2.33. The third kappa shape index (κ3) is 2.96. The van der Waals surface area contributed by atoms with Gasteiger partial charge in [-0.05, 0) is 36.9 Å². The van der Waals surface area contributed by atoms with E-state index in [1.165, 1.54) is 6.07 Å². The van der Waals surface area contributed by atoms with Gasteiger partial charge in [-0.25, -0.2) is 9.97 Å². The minimum Gasteiger partial charge on any atom is -0.258 e. The average molecular weight is 282 g/mol. The summed E-state index contributed by atoms with van der Waals surface area (Å²) in [4.78, 5) is 19.2. The number of hydrogen-bond acceptors (Lipinski definition) is 5. The molecule has 0 aliphatic carbocycles. The quantitative estimate of drug-likeness (QED) is 0.489. The molecule has 2 rings (SSSR count). The van der Waals surface area contributed by atoms with Crippen LogP contribution in [0.2, 0.25) is 5.02 Å². The van der Waals surface area contributed by atoms with Crippen LogP contribution in [0.25, 0.3) is 0 Å². The summed E-state index contributed by atoms with van der Waals surface area (Å²) in [5.74, 6) is 0. The second-order valence-corrected chi connectivity index (χ2v) is 4.90. The van der Waals surface area contributed by atoms with E-state index >= 15 is 0 Å². The van der Waals surface area contributed by atoms with Gasteiger partial charge in [0.25, 0.3) is 5.69 Å². The summed E-state index contributed by atoms with van der Waals surface area (Å²) in [5.41, 5.74) is 0.765. The van der Waals surface area contributed by atoms with Crippen LogP contribution in [0.1, 0.15) is 5.69 Å². The normalized spacial score (nSPS) is 10.3. The van der Waals surface area contributed by atoms with Crippen molar-refractivity contribution < 1.29 is 4.92 Å². The zero-order valence-electron chi connectivity index (χ0n) is 9.33. The molecule has 0 fully saturated rings. The zero-order chi connectivity index (χ0) is 13.1. The van der Waals surface area contributed by atoms with E-state index in [0.29, 0.717) is 15.1 Å². The number of hydrogen-bond donors (Lipinski definition) is 0. The van der Waals surface area contributed by atoms with Crippen LogP contribution in [-0.2, 0) is 0 Å². The van der Waals surface area contributed by atoms with Crippen molar-refractivity contribution in [2.75, 3.05) is 0 Å². The van der Waals surface area contributed by atoms with Gasteiger partial charge in [0, 0.05) is 23.0 Å². The van der Waals surface area contributed by atoms with Gasteiger partial charge in [0.15, 0.2) is 5.16 Å². The lowest BCUT2D eigenvalue weighted by Crippen LogP contribution is -1.93. The van der Waals surface area contributed by atoms with Crippen LogP contribution >= 0.6 is 23.4 Å². The van der Waals surface area contributed by atoms with Crippen LogP contribution < -0.4 is 0 Å². The minimum atomic E-state index is -0.468. The monoisotopic (exact) mass is 281 g/mol. The molecule has 0 radical (unpaired) electrons. The molecule has 2 aromatic rings. The maximum atomic E-state index is 10.9. The average Bonchev–Trinajstić information content (AvgIpc) is 2.31. The van der Waals surface area contributed by atoms with Crippen LogP contribution in [0.15, 0.2) is 40.5 Å². The highest BCUT2D eigenvalue weighted by Crippen LogP contribution is 2.34. The Morgan fingerprint density at radius 1 is 1.39 bits per heavy atom. The first-order valence-corrected chi connectivity index (χ1v) is 6.17. The number of rotatable bonds is 3. The number of nitro benzene ring substituents is 1. The Morgan fingerprint density at radius 3 is 2.83 bits per heavy atom. The number of aryl methyl sites for hydroxylation is 1. The lowest BCUT2D eigenvalue weighted by atomic mass is 10.3. The topological polar surface area (TPSA) is 68.9 Å². The molecule has 1 heterocycles. The molecule has 92 valence electrons. The van der Waals surface area contributed by atoms with Gasteiger partial charge in [-0.2, -0.15) is 0 Å². The first-order valence-electron chi connectivity index (χ1n) is 4.98. The number of nitro groups is 1. The Labute approximate surface area is 112 Å². The van der Waals surface area contributed by atoms with Crippen molar-refractivity contribution in [1.29, 1.82) is 0 Å². The number of nitrogens with zero attached hydrogens (tertiary/aromatic N) is 3. The number of benzene rings is 1. The minimum absolute atomic E-state index is 0.0439. The van der Waals surface area contributed by atoms with E-state index in [4.69, 9.17) is 11.6 Å². The zero-order valence-corrected chi connectivity index (χ0v) is 10.9. The molecular weight excluding hydrogens is 274 g/mol. The largest absolute Gasteiger partial charge is 0.284 e. The molecule has 1 aromatic carbocycles. The Morgan fingerprint density at radius 2 is 2.17 bits per heavy atom. The van der Waals surface area contributed by atoms with Crippen molar-refractivity contribution in [3.05, 3.63) is 51.3 Å². The SMILES string of the molecule is Cc1ccnc(Sc2ccc(Cl)cc2[N+](=O)[O-])n1. The van der Waals surface area contributed by atoms with Gasteiger partial charge in [0.1, 0.15) is 0 Å². The predicted octanol–water partition coefficient (Wildman–Crippen LogP) is 3.50. The van der Waals surface area contributed by atoms with Crippen molar-refractivity contribution in [3.63, 3.8) is 0 Å². The second kappa shape index (κ2) is 5.32. The molecule has 0 saturated heterocycles. The third-order valence-electron chi connectivity index (χ3n) is 2.09. The fourth-order valence-electron chi connectivity index (χ4n) is 1.29. The highest BCUT2D eigenvalue weighted by Gasteiger charge is 2.16. The van der Waals surface area contributed by atoms with Crippen LogP contribution in [-0.4, -0.2) is 14.9 Å². The Bertz CT molecular complexity index is 607. The van der Waals surface area contributed by atoms with Crippen LogP contribution in [0, 0.1) is 17.0 Å². The smallest absolute Gasteiger partial charge is 0.258 e. The Kier molecular flexibility index (Phi) is 3.78. The first-order chi connectivity index (χ1) is 8.56. The highest BCUT2D eigenvalue weighted by atomic mass is 35.5. The first kappa shape index (κ1) is 12.8. The van der Waals surface area contributed by atoms with E-state index in [9.17, 15) is 10.1 Å². The molecular formula is C11H8ClN3O2S. The van der Waals surface area contributed by atoms with Crippen molar-refractivity contribution >= 4 is 29.1 Å². The summed E-state index contributed by atoms with van der Waals surface area (Å²) in [7, 11) is 0. The molecule has 0 aliphatic heterocycles. The maximum Gasteiger partial charge on any atom is 0.284 e. The maximum absolute atomic E-state index is 10.9. The van der Waals surface area contributed by atoms with Crippen LogP contribution in [0.4, 0.5) is 5.69 Å². The van der Waals surface area contributed by atoms with Gasteiger partial charge in [0.05, 0.1) is 9.82 Å². The molecule has 18 heavy (non-hydrogen) atoms. The van der Waals surface area contributed by atoms with Gasteiger partial charge in [0.2, 0.25) is 0 Å². The van der Waals surface area contributed by atoms with Crippen molar-refractivity contribution in [1.82, 2.24) is 9.97 Å². The van der Waals surface area contributed by atoms with Crippen LogP contribution in [0.5, 0.6) is 0 Å². The number of halogens is 1. The van der Waals surface area contributed by atoms with E-state index in [1.54, 1.807) is 24.4 Å². The summed E-state index contributed by atoms with van der Waals surface area (Å²) < 4.78 is 0. The summed E-state index contributed by atoms with van der Waals surface area (Å²) in [6.45, 7) is 1.84. The molecule has 5 nitrogen and oxygen atoms in total. The lowest BCUT2D eigenvalue weighted by molar-refractivity contribution is -0.387. The predicted molar refractivity (Wildman–Crippen MR) is 69.0 cm³/mol. The third-order valence-corrected chi connectivity index (χ3v) is 3.27. The number of aromatic nitrogens is 2. The van der Waals surface area contributed by atoms with E-state index in [0.717, 1.165) is 17.5 Å². The molecule has 0 atom stereocenters. The van der Waals surface area contributed by atoms with E-state index < -0.39 is 4.92 Å². The van der Waals surface area contributed by atoms with Gasteiger partial charge in [-0.15, -0.1) is 0 Å². The molecule has 0 bridgehead atoms. The standard InChI is InChI=1S/C11H8ClN3O2S/c1-7-4-5-13-11(14-7)18-10-3-2-8(12)6-9(10)15(16)17/h2-6H,1H3. The molecule has 0 unspecified atom stereocenters. The summed E-state index contributed by atoms with van der Waals surface area (Å²) in [5, 5.41) is 11.7. The summed E-state index contributed by atoms with van der Waals surface area (Å²) >= 11 is 6.89.